The number of carbonyl (C=O) groups is 1. The van der Waals surface area contributed by atoms with Gasteiger partial charge in [0, 0.05) is 12.5 Å². The van der Waals surface area contributed by atoms with Crippen LogP contribution in [-0.2, 0) is 21.1 Å². The first-order valence-corrected chi connectivity index (χ1v) is 9.69. The van der Waals surface area contributed by atoms with Crippen LogP contribution in [0.3, 0.4) is 0 Å². The number of aromatic nitrogens is 1. The summed E-state index contributed by atoms with van der Waals surface area (Å²) in [7, 11) is -3.22. The van der Waals surface area contributed by atoms with Crippen molar-refractivity contribution >= 4 is 15.7 Å². The Kier molecular flexibility index (Phi) is 5.72. The van der Waals surface area contributed by atoms with Crippen molar-refractivity contribution in [3.63, 3.8) is 0 Å². The fraction of sp³-hybridized carbons (Fsp3) is 0.333. The van der Waals surface area contributed by atoms with E-state index in [1.54, 1.807) is 18.3 Å². The lowest BCUT2D eigenvalue weighted by Gasteiger charge is -2.16. The van der Waals surface area contributed by atoms with E-state index in [0.717, 1.165) is 29.5 Å². The molecular formula is C18H22N2O3S. The van der Waals surface area contributed by atoms with Crippen LogP contribution in [0.25, 0.3) is 0 Å². The minimum absolute atomic E-state index is 0.115. The lowest BCUT2D eigenvalue weighted by molar-refractivity contribution is -0.121. The largest absolute Gasteiger partial charge is 0.347 e. The second-order valence-electron chi connectivity index (χ2n) is 5.88. The Hall–Kier alpha value is -2.21. The zero-order chi connectivity index (χ0) is 17.7. The highest BCUT2D eigenvalue weighted by Crippen LogP contribution is 2.15. The van der Waals surface area contributed by atoms with E-state index in [4.69, 9.17) is 0 Å². The summed E-state index contributed by atoms with van der Waals surface area (Å²) in [4.78, 5) is 16.9. The second kappa shape index (κ2) is 7.57. The lowest BCUT2D eigenvalue weighted by Crippen LogP contribution is -2.30. The van der Waals surface area contributed by atoms with Crippen LogP contribution in [0.4, 0.5) is 0 Å². The summed E-state index contributed by atoms with van der Waals surface area (Å²) in [6.45, 7) is 3.96. The van der Waals surface area contributed by atoms with Crippen molar-refractivity contribution in [3.05, 3.63) is 59.4 Å². The second-order valence-corrected chi connectivity index (χ2v) is 7.90. The number of benzene rings is 1. The summed E-state index contributed by atoms with van der Waals surface area (Å²) in [6.07, 6.45) is 3.89. The molecule has 1 aromatic heterocycles. The minimum atomic E-state index is -3.22. The van der Waals surface area contributed by atoms with Crippen LogP contribution in [-0.4, -0.2) is 25.6 Å². The Morgan fingerprint density at radius 1 is 1.17 bits per heavy atom. The van der Waals surface area contributed by atoms with Gasteiger partial charge in [-0.25, -0.2) is 8.42 Å². The van der Waals surface area contributed by atoms with E-state index in [0.29, 0.717) is 0 Å². The molecule has 2 rings (SSSR count). The van der Waals surface area contributed by atoms with Gasteiger partial charge in [0.2, 0.25) is 5.91 Å². The van der Waals surface area contributed by atoms with Gasteiger partial charge in [0.05, 0.1) is 23.1 Å². The van der Waals surface area contributed by atoms with Gasteiger partial charge in [-0.3, -0.25) is 9.78 Å². The highest BCUT2D eigenvalue weighted by Gasteiger charge is 2.14. The number of hydrogen-bond donors (Lipinski definition) is 1. The zero-order valence-electron chi connectivity index (χ0n) is 14.1. The number of amides is 1. The molecule has 0 saturated carbocycles. The van der Waals surface area contributed by atoms with Gasteiger partial charge in [-0.1, -0.05) is 25.1 Å². The quantitative estimate of drug-likeness (QED) is 0.872. The first-order valence-electron chi connectivity index (χ1n) is 7.80. The molecule has 1 amide bonds. The predicted octanol–water partition coefficient (Wildman–Crippen LogP) is 2.60. The topological polar surface area (TPSA) is 76.1 Å². The van der Waals surface area contributed by atoms with Gasteiger partial charge in [0.15, 0.2) is 9.84 Å². The number of rotatable bonds is 6. The van der Waals surface area contributed by atoms with Gasteiger partial charge in [-0.2, -0.15) is 0 Å². The standard InChI is InChI=1S/C18H22N2O3S/c1-4-16(17-10-5-13(2)12-19-17)20-18(21)11-14-6-8-15(9-7-14)24(3,22)23/h5-10,12,16H,4,11H2,1-3H3,(H,20,21). The van der Waals surface area contributed by atoms with Crippen LogP contribution in [0.15, 0.2) is 47.5 Å². The van der Waals surface area contributed by atoms with E-state index in [2.05, 4.69) is 10.3 Å². The molecule has 0 aliphatic rings. The van der Waals surface area contributed by atoms with Crippen LogP contribution in [0.1, 0.15) is 36.2 Å². The normalized spacial score (nSPS) is 12.6. The van der Waals surface area contributed by atoms with Gasteiger partial charge in [-0.15, -0.1) is 0 Å². The van der Waals surface area contributed by atoms with Crippen molar-refractivity contribution in [3.8, 4) is 0 Å². The third-order valence-electron chi connectivity index (χ3n) is 3.75. The average molecular weight is 346 g/mol. The molecule has 0 bridgehead atoms. The van der Waals surface area contributed by atoms with Crippen molar-refractivity contribution in [1.82, 2.24) is 10.3 Å². The third-order valence-corrected chi connectivity index (χ3v) is 4.88. The van der Waals surface area contributed by atoms with E-state index in [1.165, 1.54) is 12.1 Å². The summed E-state index contributed by atoms with van der Waals surface area (Å²) in [5.41, 5.74) is 2.68. The molecule has 0 aliphatic heterocycles. The first kappa shape index (κ1) is 18.1. The van der Waals surface area contributed by atoms with Gasteiger partial charge < -0.3 is 5.32 Å². The Morgan fingerprint density at radius 2 is 1.83 bits per heavy atom. The molecule has 0 spiro atoms. The zero-order valence-corrected chi connectivity index (χ0v) is 14.9. The Balaban J connectivity index is 2.02. The van der Waals surface area contributed by atoms with Gasteiger partial charge in [-0.05, 0) is 42.7 Å². The number of pyridine rings is 1. The molecule has 0 aliphatic carbocycles. The number of nitrogens with zero attached hydrogens (tertiary/aromatic N) is 1. The Bertz CT molecular complexity index is 797. The molecule has 1 heterocycles. The van der Waals surface area contributed by atoms with Crippen LogP contribution < -0.4 is 5.32 Å². The minimum Gasteiger partial charge on any atom is -0.347 e. The number of aryl methyl sites for hydroxylation is 1. The molecule has 6 heteroatoms. The number of carbonyl (C=O) groups excluding carboxylic acids is 1. The molecule has 1 N–H and O–H groups in total. The fourth-order valence-electron chi connectivity index (χ4n) is 2.36. The van der Waals surface area contributed by atoms with E-state index < -0.39 is 9.84 Å². The fourth-order valence-corrected chi connectivity index (χ4v) is 2.99. The molecule has 1 aromatic carbocycles. The molecular weight excluding hydrogens is 324 g/mol. The van der Waals surface area contributed by atoms with Gasteiger partial charge in [0.25, 0.3) is 0 Å². The van der Waals surface area contributed by atoms with Crippen molar-refractivity contribution < 1.29 is 13.2 Å². The predicted molar refractivity (Wildman–Crippen MR) is 93.4 cm³/mol. The van der Waals surface area contributed by atoms with Crippen LogP contribution in [0, 0.1) is 6.92 Å². The Labute approximate surface area is 143 Å². The van der Waals surface area contributed by atoms with Crippen molar-refractivity contribution in [2.75, 3.05) is 6.26 Å². The molecule has 0 saturated heterocycles. The monoisotopic (exact) mass is 346 g/mol. The van der Waals surface area contributed by atoms with Crippen LogP contribution >= 0.6 is 0 Å². The SMILES string of the molecule is CCC(NC(=O)Cc1ccc(S(C)(=O)=O)cc1)c1ccc(C)cn1. The van der Waals surface area contributed by atoms with E-state index in [9.17, 15) is 13.2 Å². The summed E-state index contributed by atoms with van der Waals surface area (Å²) < 4.78 is 22.9. The summed E-state index contributed by atoms with van der Waals surface area (Å²) >= 11 is 0. The van der Waals surface area contributed by atoms with E-state index in [1.807, 2.05) is 26.0 Å². The maximum absolute atomic E-state index is 12.2. The summed E-state index contributed by atoms with van der Waals surface area (Å²) in [5, 5.41) is 2.98. The molecule has 0 fully saturated rings. The summed E-state index contributed by atoms with van der Waals surface area (Å²) in [5.74, 6) is -0.115. The first-order chi connectivity index (χ1) is 11.3. The molecule has 2 aromatic rings. The maximum Gasteiger partial charge on any atom is 0.224 e. The third kappa shape index (κ3) is 4.89. The van der Waals surface area contributed by atoms with Gasteiger partial charge in [0.1, 0.15) is 0 Å². The average Bonchev–Trinajstić information content (AvgIpc) is 2.53. The molecule has 1 unspecified atom stereocenters. The summed E-state index contributed by atoms with van der Waals surface area (Å²) in [6, 6.07) is 10.1. The van der Waals surface area contributed by atoms with Crippen LogP contribution in [0.5, 0.6) is 0 Å². The molecule has 5 nitrogen and oxygen atoms in total. The van der Waals surface area contributed by atoms with Crippen molar-refractivity contribution in [2.24, 2.45) is 0 Å². The van der Waals surface area contributed by atoms with Crippen molar-refractivity contribution in [2.45, 2.75) is 37.6 Å². The van der Waals surface area contributed by atoms with E-state index in [-0.39, 0.29) is 23.3 Å². The molecule has 128 valence electrons. The van der Waals surface area contributed by atoms with Crippen LogP contribution in [0.2, 0.25) is 0 Å². The molecule has 1 atom stereocenters. The maximum atomic E-state index is 12.2. The number of hydrogen-bond acceptors (Lipinski definition) is 4. The number of nitrogens with one attached hydrogen (secondary N) is 1. The number of sulfone groups is 1. The van der Waals surface area contributed by atoms with Crippen molar-refractivity contribution in [1.29, 1.82) is 0 Å². The highest BCUT2D eigenvalue weighted by molar-refractivity contribution is 7.90. The van der Waals surface area contributed by atoms with E-state index >= 15 is 0 Å². The smallest absolute Gasteiger partial charge is 0.224 e. The lowest BCUT2D eigenvalue weighted by atomic mass is 10.1. The Morgan fingerprint density at radius 3 is 2.33 bits per heavy atom. The molecule has 0 radical (unpaired) electrons. The van der Waals surface area contributed by atoms with Gasteiger partial charge >= 0.3 is 0 Å². The highest BCUT2D eigenvalue weighted by atomic mass is 32.2. The molecule has 24 heavy (non-hydrogen) atoms.